The maximum absolute atomic E-state index is 5.73. The maximum Gasteiger partial charge on any atom is 0.224 e. The SMILES string of the molecule is Clc1ncc(Br)c(NC2C=CCCC2)n1. The van der Waals surface area contributed by atoms with Gasteiger partial charge in [-0.25, -0.2) is 4.98 Å². The van der Waals surface area contributed by atoms with Crippen molar-refractivity contribution in [2.45, 2.75) is 25.3 Å². The van der Waals surface area contributed by atoms with Crippen LogP contribution in [0.3, 0.4) is 0 Å². The molecule has 0 saturated heterocycles. The highest BCUT2D eigenvalue weighted by molar-refractivity contribution is 9.10. The summed E-state index contributed by atoms with van der Waals surface area (Å²) in [4.78, 5) is 8.01. The van der Waals surface area contributed by atoms with E-state index in [4.69, 9.17) is 11.6 Å². The second-order valence-corrected chi connectivity index (χ2v) is 4.64. The quantitative estimate of drug-likeness (QED) is 0.669. The minimum Gasteiger partial charge on any atom is -0.363 e. The van der Waals surface area contributed by atoms with E-state index in [1.165, 1.54) is 12.8 Å². The molecule has 1 atom stereocenters. The van der Waals surface area contributed by atoms with Gasteiger partial charge in [-0.05, 0) is 46.8 Å². The van der Waals surface area contributed by atoms with E-state index in [2.05, 4.69) is 43.4 Å². The molecule has 0 bridgehead atoms. The zero-order valence-electron chi connectivity index (χ0n) is 8.08. The van der Waals surface area contributed by atoms with Gasteiger partial charge in [-0.15, -0.1) is 0 Å². The summed E-state index contributed by atoms with van der Waals surface area (Å²) in [6.45, 7) is 0. The molecule has 80 valence electrons. The number of allylic oxidation sites excluding steroid dienone is 1. The van der Waals surface area contributed by atoms with E-state index in [0.29, 0.717) is 6.04 Å². The first-order valence-electron chi connectivity index (χ1n) is 4.87. The molecule has 3 nitrogen and oxygen atoms in total. The van der Waals surface area contributed by atoms with Crippen molar-refractivity contribution in [3.05, 3.63) is 28.1 Å². The number of anilines is 1. The summed E-state index contributed by atoms with van der Waals surface area (Å²) < 4.78 is 0.839. The lowest BCUT2D eigenvalue weighted by atomic mass is 10.0. The van der Waals surface area contributed by atoms with Crippen LogP contribution in [0.2, 0.25) is 5.28 Å². The molecule has 0 spiro atoms. The van der Waals surface area contributed by atoms with E-state index in [-0.39, 0.29) is 5.28 Å². The van der Waals surface area contributed by atoms with Crippen molar-refractivity contribution in [3.8, 4) is 0 Å². The molecular weight excluding hydrogens is 277 g/mol. The fourth-order valence-electron chi connectivity index (χ4n) is 1.56. The minimum atomic E-state index is 0.264. The van der Waals surface area contributed by atoms with Gasteiger partial charge in [0.2, 0.25) is 5.28 Å². The van der Waals surface area contributed by atoms with Crippen LogP contribution in [0.25, 0.3) is 0 Å². The van der Waals surface area contributed by atoms with Crippen molar-refractivity contribution in [1.29, 1.82) is 0 Å². The first-order chi connectivity index (χ1) is 7.25. The zero-order valence-corrected chi connectivity index (χ0v) is 10.4. The highest BCUT2D eigenvalue weighted by atomic mass is 79.9. The van der Waals surface area contributed by atoms with E-state index < -0.39 is 0 Å². The van der Waals surface area contributed by atoms with Crippen molar-refractivity contribution in [1.82, 2.24) is 9.97 Å². The van der Waals surface area contributed by atoms with E-state index >= 15 is 0 Å². The van der Waals surface area contributed by atoms with Gasteiger partial charge in [-0.1, -0.05) is 12.2 Å². The van der Waals surface area contributed by atoms with Crippen LogP contribution < -0.4 is 5.32 Å². The van der Waals surface area contributed by atoms with E-state index in [9.17, 15) is 0 Å². The molecule has 1 heterocycles. The van der Waals surface area contributed by atoms with Crippen molar-refractivity contribution in [3.63, 3.8) is 0 Å². The van der Waals surface area contributed by atoms with E-state index in [1.54, 1.807) is 6.20 Å². The molecule has 1 aliphatic rings. The Morgan fingerprint density at radius 2 is 2.40 bits per heavy atom. The third kappa shape index (κ3) is 2.92. The molecule has 1 aromatic rings. The third-order valence-electron chi connectivity index (χ3n) is 2.29. The summed E-state index contributed by atoms with van der Waals surface area (Å²) >= 11 is 9.12. The molecule has 0 aromatic carbocycles. The Morgan fingerprint density at radius 3 is 3.13 bits per heavy atom. The van der Waals surface area contributed by atoms with Crippen LogP contribution in [0, 0.1) is 0 Å². The molecule has 0 amide bonds. The molecule has 5 heteroatoms. The van der Waals surface area contributed by atoms with Gasteiger partial charge in [-0.3, -0.25) is 0 Å². The molecule has 0 radical (unpaired) electrons. The number of hydrogen-bond acceptors (Lipinski definition) is 3. The van der Waals surface area contributed by atoms with Gasteiger partial charge in [0.15, 0.2) is 0 Å². The fraction of sp³-hybridized carbons (Fsp3) is 0.400. The lowest BCUT2D eigenvalue weighted by Gasteiger charge is -2.19. The lowest BCUT2D eigenvalue weighted by Crippen LogP contribution is -2.19. The molecule has 1 unspecified atom stereocenters. The monoisotopic (exact) mass is 287 g/mol. The average molecular weight is 289 g/mol. The number of aromatic nitrogens is 2. The van der Waals surface area contributed by atoms with Gasteiger partial charge < -0.3 is 5.32 Å². The van der Waals surface area contributed by atoms with Crippen molar-refractivity contribution in [2.75, 3.05) is 5.32 Å². The number of halogens is 2. The normalized spacial score (nSPS) is 20.3. The minimum absolute atomic E-state index is 0.264. The number of nitrogens with one attached hydrogen (secondary N) is 1. The first kappa shape index (κ1) is 10.9. The Bertz CT molecular complexity index is 381. The smallest absolute Gasteiger partial charge is 0.224 e. The van der Waals surface area contributed by atoms with Crippen LogP contribution in [0.4, 0.5) is 5.82 Å². The van der Waals surface area contributed by atoms with Crippen LogP contribution in [0.5, 0.6) is 0 Å². The average Bonchev–Trinajstić information content (AvgIpc) is 2.25. The Morgan fingerprint density at radius 1 is 1.53 bits per heavy atom. The highest BCUT2D eigenvalue weighted by Crippen LogP contribution is 2.23. The molecule has 2 rings (SSSR count). The predicted molar refractivity (Wildman–Crippen MR) is 65.1 cm³/mol. The molecule has 1 aromatic heterocycles. The van der Waals surface area contributed by atoms with Crippen molar-refractivity contribution < 1.29 is 0 Å². The molecule has 0 fully saturated rings. The Hall–Kier alpha value is -0.610. The molecule has 0 saturated carbocycles. The molecule has 15 heavy (non-hydrogen) atoms. The largest absolute Gasteiger partial charge is 0.363 e. The second-order valence-electron chi connectivity index (χ2n) is 3.45. The number of nitrogens with zero attached hydrogens (tertiary/aromatic N) is 2. The Kier molecular flexibility index (Phi) is 3.59. The Labute approximate surface area is 102 Å². The first-order valence-corrected chi connectivity index (χ1v) is 6.04. The third-order valence-corrected chi connectivity index (χ3v) is 3.05. The van der Waals surface area contributed by atoms with Gasteiger partial charge in [0, 0.05) is 12.2 Å². The molecule has 0 aliphatic heterocycles. The Balaban J connectivity index is 2.12. The topological polar surface area (TPSA) is 37.8 Å². The van der Waals surface area contributed by atoms with Crippen molar-refractivity contribution in [2.24, 2.45) is 0 Å². The second kappa shape index (κ2) is 4.94. The van der Waals surface area contributed by atoms with Gasteiger partial charge in [-0.2, -0.15) is 4.98 Å². The van der Waals surface area contributed by atoms with Gasteiger partial charge in [0.1, 0.15) is 5.82 Å². The predicted octanol–water partition coefficient (Wildman–Crippen LogP) is 3.41. The standard InChI is InChI=1S/C10H11BrClN3/c11-8-6-13-10(12)15-9(8)14-7-4-2-1-3-5-7/h2,4,6-7H,1,3,5H2,(H,13,14,15). The van der Waals surface area contributed by atoms with Crippen molar-refractivity contribution >= 4 is 33.3 Å². The molecule has 1 aliphatic carbocycles. The summed E-state index contributed by atoms with van der Waals surface area (Å²) in [5, 5.41) is 3.59. The van der Waals surface area contributed by atoms with Gasteiger partial charge in [0.05, 0.1) is 4.47 Å². The van der Waals surface area contributed by atoms with Crippen LogP contribution in [-0.2, 0) is 0 Å². The summed E-state index contributed by atoms with van der Waals surface area (Å²) in [6, 6.07) is 0.348. The molecule has 1 N–H and O–H groups in total. The summed E-state index contributed by atoms with van der Waals surface area (Å²) in [5.74, 6) is 0.756. The summed E-state index contributed by atoms with van der Waals surface area (Å²) in [7, 11) is 0. The van der Waals surface area contributed by atoms with Crippen LogP contribution in [-0.4, -0.2) is 16.0 Å². The zero-order chi connectivity index (χ0) is 10.7. The molecular formula is C10H11BrClN3. The van der Waals surface area contributed by atoms with E-state index in [1.807, 2.05) is 0 Å². The number of hydrogen-bond donors (Lipinski definition) is 1. The highest BCUT2D eigenvalue weighted by Gasteiger charge is 2.11. The maximum atomic E-state index is 5.73. The number of rotatable bonds is 2. The lowest BCUT2D eigenvalue weighted by molar-refractivity contribution is 0.671. The summed E-state index contributed by atoms with van der Waals surface area (Å²) in [6.07, 6.45) is 9.53. The van der Waals surface area contributed by atoms with Crippen LogP contribution in [0.1, 0.15) is 19.3 Å². The van der Waals surface area contributed by atoms with Crippen LogP contribution >= 0.6 is 27.5 Å². The fourth-order valence-corrected chi connectivity index (χ4v) is 1.99. The summed E-state index contributed by atoms with van der Waals surface area (Å²) in [5.41, 5.74) is 0. The van der Waals surface area contributed by atoms with Gasteiger partial charge >= 0.3 is 0 Å². The van der Waals surface area contributed by atoms with Crippen LogP contribution in [0.15, 0.2) is 22.8 Å². The van der Waals surface area contributed by atoms with Gasteiger partial charge in [0.25, 0.3) is 0 Å². The van der Waals surface area contributed by atoms with E-state index in [0.717, 1.165) is 16.7 Å².